The Hall–Kier alpha value is -4.73. The van der Waals surface area contributed by atoms with Crippen LogP contribution in [0.15, 0.2) is 72.9 Å². The molecule has 1 N–H and O–H groups in total. The van der Waals surface area contributed by atoms with Gasteiger partial charge in [-0.15, -0.1) is 0 Å². The highest BCUT2D eigenvalue weighted by Gasteiger charge is 2.22. The molecule has 8 nitrogen and oxygen atoms in total. The molecule has 3 aromatic carbocycles. The van der Waals surface area contributed by atoms with Crippen LogP contribution in [0.25, 0.3) is 16.8 Å². The van der Waals surface area contributed by atoms with Crippen molar-refractivity contribution in [2.24, 2.45) is 0 Å². The molecule has 0 fully saturated rings. The Kier molecular flexibility index (Phi) is 7.24. The second kappa shape index (κ2) is 10.7. The molecular weight excluding hydrogens is 472 g/mol. The van der Waals surface area contributed by atoms with Gasteiger partial charge < -0.3 is 19.5 Å². The van der Waals surface area contributed by atoms with Crippen LogP contribution in [0, 0.1) is 11.6 Å². The van der Waals surface area contributed by atoms with E-state index in [9.17, 15) is 18.4 Å². The number of carbonyl (C=O) groups excluding carboxylic acids is 2. The molecule has 0 aliphatic heterocycles. The first-order valence-electron chi connectivity index (χ1n) is 10.7. The van der Waals surface area contributed by atoms with Crippen LogP contribution < -0.4 is 14.8 Å². The van der Waals surface area contributed by atoms with Gasteiger partial charge in [0.15, 0.2) is 23.8 Å². The van der Waals surface area contributed by atoms with Gasteiger partial charge in [0.05, 0.1) is 25.6 Å². The van der Waals surface area contributed by atoms with Crippen molar-refractivity contribution in [3.63, 3.8) is 0 Å². The van der Waals surface area contributed by atoms with E-state index in [1.165, 1.54) is 18.9 Å². The van der Waals surface area contributed by atoms with Crippen LogP contribution >= 0.6 is 0 Å². The Morgan fingerprint density at radius 3 is 2.42 bits per heavy atom. The van der Waals surface area contributed by atoms with Crippen LogP contribution in [0.5, 0.6) is 11.5 Å². The van der Waals surface area contributed by atoms with E-state index in [0.717, 1.165) is 18.2 Å². The molecule has 184 valence electrons. The van der Waals surface area contributed by atoms with Gasteiger partial charge in [0.25, 0.3) is 5.91 Å². The van der Waals surface area contributed by atoms with Crippen molar-refractivity contribution < 1.29 is 32.6 Å². The third-order valence-corrected chi connectivity index (χ3v) is 5.16. The van der Waals surface area contributed by atoms with Crippen LogP contribution in [0.3, 0.4) is 0 Å². The summed E-state index contributed by atoms with van der Waals surface area (Å²) in [7, 11) is 3.00. The first kappa shape index (κ1) is 24.4. The second-order valence-corrected chi connectivity index (χ2v) is 7.49. The summed E-state index contributed by atoms with van der Waals surface area (Å²) in [5, 5.41) is 6.55. The molecule has 1 amide bonds. The van der Waals surface area contributed by atoms with E-state index in [-0.39, 0.29) is 11.4 Å². The average Bonchev–Trinajstić information content (AvgIpc) is 3.35. The van der Waals surface area contributed by atoms with Crippen molar-refractivity contribution >= 4 is 17.6 Å². The number of hydrogen-bond donors (Lipinski definition) is 1. The van der Waals surface area contributed by atoms with E-state index in [0.29, 0.717) is 28.3 Å². The van der Waals surface area contributed by atoms with Gasteiger partial charge in [-0.1, -0.05) is 24.3 Å². The molecule has 0 bridgehead atoms. The molecule has 36 heavy (non-hydrogen) atoms. The number of hydrogen-bond acceptors (Lipinski definition) is 6. The van der Waals surface area contributed by atoms with Crippen molar-refractivity contribution in [3.05, 3.63) is 90.3 Å². The smallest absolute Gasteiger partial charge is 0.360 e. The number of nitrogens with zero attached hydrogens (tertiary/aromatic N) is 2. The second-order valence-electron chi connectivity index (χ2n) is 7.49. The molecule has 0 aliphatic carbocycles. The fraction of sp³-hybridized carbons (Fsp3) is 0.115. The van der Waals surface area contributed by atoms with Gasteiger partial charge in [0.2, 0.25) is 0 Å². The summed E-state index contributed by atoms with van der Waals surface area (Å²) < 4.78 is 44.4. The zero-order valence-corrected chi connectivity index (χ0v) is 19.3. The van der Waals surface area contributed by atoms with Crippen molar-refractivity contribution in [2.45, 2.75) is 0 Å². The van der Waals surface area contributed by atoms with Gasteiger partial charge in [-0.2, -0.15) is 5.10 Å². The number of halogens is 2. The van der Waals surface area contributed by atoms with Gasteiger partial charge in [0.1, 0.15) is 11.6 Å². The number of amides is 1. The number of para-hydroxylation sites is 1. The van der Waals surface area contributed by atoms with Gasteiger partial charge in [-0.25, -0.2) is 18.3 Å². The Balaban J connectivity index is 1.61. The van der Waals surface area contributed by atoms with Crippen molar-refractivity contribution in [1.29, 1.82) is 0 Å². The molecule has 1 heterocycles. The molecule has 1 aromatic heterocycles. The maximum absolute atomic E-state index is 13.8. The first-order chi connectivity index (χ1) is 17.4. The lowest BCUT2D eigenvalue weighted by molar-refractivity contribution is -0.119. The Morgan fingerprint density at radius 2 is 1.69 bits per heavy atom. The molecule has 0 atom stereocenters. The number of carbonyl (C=O) groups is 2. The highest BCUT2D eigenvalue weighted by molar-refractivity contribution is 5.98. The van der Waals surface area contributed by atoms with Crippen molar-refractivity contribution in [3.8, 4) is 28.3 Å². The summed E-state index contributed by atoms with van der Waals surface area (Å²) in [4.78, 5) is 25.2. The topological polar surface area (TPSA) is 91.7 Å². The highest BCUT2D eigenvalue weighted by atomic mass is 19.1. The van der Waals surface area contributed by atoms with E-state index in [4.69, 9.17) is 14.2 Å². The average molecular weight is 493 g/mol. The molecule has 0 saturated carbocycles. The van der Waals surface area contributed by atoms with Crippen molar-refractivity contribution in [2.75, 3.05) is 26.1 Å². The molecule has 0 saturated heterocycles. The number of esters is 1. The summed E-state index contributed by atoms with van der Waals surface area (Å²) in [6, 6.07) is 16.8. The van der Waals surface area contributed by atoms with Crippen molar-refractivity contribution in [1.82, 2.24) is 9.78 Å². The van der Waals surface area contributed by atoms with E-state index >= 15 is 0 Å². The van der Waals surface area contributed by atoms with Crippen LogP contribution in [0.1, 0.15) is 10.5 Å². The van der Waals surface area contributed by atoms with E-state index in [1.54, 1.807) is 24.4 Å². The first-order valence-corrected chi connectivity index (χ1v) is 10.7. The van der Waals surface area contributed by atoms with Gasteiger partial charge in [0, 0.05) is 17.8 Å². The fourth-order valence-electron chi connectivity index (χ4n) is 3.43. The maximum atomic E-state index is 13.8. The number of aromatic nitrogens is 2. The molecule has 0 unspecified atom stereocenters. The quantitative estimate of drug-likeness (QED) is 0.360. The molecule has 10 heteroatoms. The number of methoxy groups -OCH3 is 2. The Bertz CT molecular complexity index is 1410. The Morgan fingerprint density at radius 1 is 0.944 bits per heavy atom. The predicted octanol–water partition coefficient (Wildman–Crippen LogP) is 4.63. The maximum Gasteiger partial charge on any atom is 0.360 e. The van der Waals surface area contributed by atoms with Crippen LogP contribution in [-0.4, -0.2) is 42.5 Å². The number of ether oxygens (including phenoxy) is 3. The minimum absolute atomic E-state index is 0.0594. The number of nitrogens with one attached hydrogen (secondary N) is 1. The zero-order chi connectivity index (χ0) is 25.7. The van der Waals surface area contributed by atoms with Gasteiger partial charge in [-0.3, -0.25) is 4.79 Å². The van der Waals surface area contributed by atoms with E-state index in [1.807, 2.05) is 30.3 Å². The minimum Gasteiger partial charge on any atom is -0.493 e. The molecule has 0 spiro atoms. The predicted molar refractivity (Wildman–Crippen MR) is 127 cm³/mol. The number of benzene rings is 3. The SMILES string of the molecule is COc1ccc(-c2cn(-c3ccccc3)nc2C(=O)OCC(=O)Nc2cc(F)ccc2F)cc1OC. The number of anilines is 1. The van der Waals surface area contributed by atoms with E-state index in [2.05, 4.69) is 10.4 Å². The Labute approximate surface area is 205 Å². The summed E-state index contributed by atoms with van der Waals surface area (Å²) in [5.74, 6) is -2.34. The third kappa shape index (κ3) is 5.33. The zero-order valence-electron chi connectivity index (χ0n) is 19.3. The van der Waals surface area contributed by atoms with Crippen LogP contribution in [0.2, 0.25) is 0 Å². The van der Waals surface area contributed by atoms with Crippen LogP contribution in [-0.2, 0) is 9.53 Å². The highest BCUT2D eigenvalue weighted by Crippen LogP contribution is 2.34. The molecule has 0 aliphatic rings. The summed E-state index contributed by atoms with van der Waals surface area (Å²) in [6.45, 7) is -0.738. The third-order valence-electron chi connectivity index (χ3n) is 5.16. The number of rotatable bonds is 8. The van der Waals surface area contributed by atoms with Gasteiger partial charge in [-0.05, 0) is 42.0 Å². The summed E-state index contributed by atoms with van der Waals surface area (Å²) in [5.41, 5.74) is 1.28. The standard InChI is InChI=1S/C26H21F2N3O5/c1-34-22-11-8-16(12-23(22)35-2)19-14-31(18-6-4-3-5-7-18)30-25(19)26(33)36-15-24(32)29-21-13-17(27)9-10-20(21)28/h3-14H,15H2,1-2H3,(H,29,32). The fourth-order valence-corrected chi connectivity index (χ4v) is 3.43. The summed E-state index contributed by atoms with van der Waals surface area (Å²) >= 11 is 0. The molecule has 0 radical (unpaired) electrons. The molecule has 4 aromatic rings. The summed E-state index contributed by atoms with van der Waals surface area (Å²) in [6.07, 6.45) is 1.65. The lowest BCUT2D eigenvalue weighted by Crippen LogP contribution is -2.22. The molecule has 4 rings (SSSR count). The van der Waals surface area contributed by atoms with Gasteiger partial charge >= 0.3 is 5.97 Å². The lowest BCUT2D eigenvalue weighted by Gasteiger charge is -2.10. The van der Waals surface area contributed by atoms with Crippen LogP contribution in [0.4, 0.5) is 14.5 Å². The normalized spacial score (nSPS) is 10.6. The monoisotopic (exact) mass is 493 g/mol. The largest absolute Gasteiger partial charge is 0.493 e. The lowest BCUT2D eigenvalue weighted by atomic mass is 10.1. The molecular formula is C26H21F2N3O5. The minimum atomic E-state index is -0.885. The van der Waals surface area contributed by atoms with E-state index < -0.39 is 30.1 Å².